The van der Waals surface area contributed by atoms with E-state index in [0.717, 1.165) is 34.8 Å². The van der Waals surface area contributed by atoms with Crippen LogP contribution >= 0.6 is 0 Å². The molecule has 29 heavy (non-hydrogen) atoms. The van der Waals surface area contributed by atoms with Crippen molar-refractivity contribution in [1.82, 2.24) is 14.5 Å². The van der Waals surface area contributed by atoms with Crippen LogP contribution in [0.4, 0.5) is 21.6 Å². The van der Waals surface area contributed by atoms with Crippen LogP contribution in [0.5, 0.6) is 11.8 Å². The van der Waals surface area contributed by atoms with Gasteiger partial charge < -0.3 is 14.5 Å². The summed E-state index contributed by atoms with van der Waals surface area (Å²) in [5, 5.41) is 0. The van der Waals surface area contributed by atoms with Gasteiger partial charge in [-0.05, 0) is 43.3 Å². The first-order valence-corrected chi connectivity index (χ1v) is 9.51. The van der Waals surface area contributed by atoms with Gasteiger partial charge >= 0.3 is 6.01 Å². The number of hydrogen-bond donors (Lipinski definition) is 0. The van der Waals surface area contributed by atoms with Crippen LogP contribution in [0.3, 0.4) is 0 Å². The van der Waals surface area contributed by atoms with Crippen LogP contribution in [0.25, 0.3) is 11.0 Å². The summed E-state index contributed by atoms with van der Waals surface area (Å²) >= 11 is 0. The molecule has 5 rings (SSSR count). The van der Waals surface area contributed by atoms with Gasteiger partial charge in [-0.15, -0.1) is 0 Å². The number of nitrogens with zero attached hydrogens (tertiary/aromatic N) is 5. The molecular formula is C22H20FN5O. The monoisotopic (exact) mass is 389 g/mol. The second-order valence-electron chi connectivity index (χ2n) is 6.96. The Bertz CT molecular complexity index is 1190. The maximum absolute atomic E-state index is 13.6. The number of aryl methyl sites for hydroxylation is 1. The van der Waals surface area contributed by atoms with Gasteiger partial charge in [0.1, 0.15) is 11.6 Å². The topological polar surface area (TPSA) is 46.4 Å². The summed E-state index contributed by atoms with van der Waals surface area (Å²) in [7, 11) is 1.93. The van der Waals surface area contributed by atoms with Gasteiger partial charge in [0.25, 0.3) is 0 Å². The van der Waals surface area contributed by atoms with E-state index >= 15 is 0 Å². The molecule has 4 aromatic rings. The first kappa shape index (κ1) is 17.5. The number of halogens is 1. The molecule has 7 heteroatoms. The molecule has 6 nitrogen and oxygen atoms in total. The summed E-state index contributed by atoms with van der Waals surface area (Å²) in [5.74, 6) is 1.14. The second kappa shape index (κ2) is 6.77. The average molecular weight is 389 g/mol. The number of ether oxygens (including phenoxy) is 1. The zero-order chi connectivity index (χ0) is 20.0. The third kappa shape index (κ3) is 2.95. The van der Waals surface area contributed by atoms with E-state index in [9.17, 15) is 4.39 Å². The first-order valence-electron chi connectivity index (χ1n) is 9.51. The molecule has 0 amide bonds. The summed E-state index contributed by atoms with van der Waals surface area (Å²) < 4.78 is 21.6. The molecule has 146 valence electrons. The average Bonchev–Trinajstić information content (AvgIpc) is 3.26. The number of hydrogen-bond acceptors (Lipinski definition) is 5. The maximum Gasteiger partial charge on any atom is 0.302 e. The molecule has 0 saturated carbocycles. The Labute approximate surface area is 167 Å². The van der Waals surface area contributed by atoms with Gasteiger partial charge in [0, 0.05) is 25.3 Å². The summed E-state index contributed by atoms with van der Waals surface area (Å²) in [6.45, 7) is 3.46. The van der Waals surface area contributed by atoms with Crippen LogP contribution in [0.2, 0.25) is 0 Å². The molecule has 0 radical (unpaired) electrons. The van der Waals surface area contributed by atoms with E-state index in [1.54, 1.807) is 0 Å². The van der Waals surface area contributed by atoms with Crippen LogP contribution in [0, 0.1) is 5.82 Å². The van der Waals surface area contributed by atoms with Crippen LogP contribution in [0.1, 0.15) is 6.92 Å². The van der Waals surface area contributed by atoms with E-state index < -0.39 is 0 Å². The standard InChI is InChI=1S/C22H20FN5O/c1-3-27-14-28(21-20(27)12-15(23)13-24-21)16-8-10-17(11-9-16)29-22-25-18-6-4-5-7-19(18)26(22)2/h4-13H,3,14H2,1-2H3. The first-order chi connectivity index (χ1) is 14.1. The number of anilines is 3. The van der Waals surface area contributed by atoms with Crippen molar-refractivity contribution in [3.8, 4) is 11.8 Å². The molecule has 0 atom stereocenters. The van der Waals surface area contributed by atoms with Crippen molar-refractivity contribution in [2.24, 2.45) is 7.05 Å². The fraction of sp³-hybridized carbons (Fsp3) is 0.182. The molecule has 0 unspecified atom stereocenters. The summed E-state index contributed by atoms with van der Waals surface area (Å²) in [4.78, 5) is 13.0. The number of imidazole rings is 1. The number of aromatic nitrogens is 3. The van der Waals surface area contributed by atoms with Crippen molar-refractivity contribution in [3.05, 3.63) is 66.6 Å². The Morgan fingerprint density at radius 1 is 1.10 bits per heavy atom. The number of rotatable bonds is 4. The van der Waals surface area contributed by atoms with E-state index in [2.05, 4.69) is 19.8 Å². The normalized spacial score (nSPS) is 13.2. The van der Waals surface area contributed by atoms with Crippen LogP contribution in [-0.4, -0.2) is 27.7 Å². The molecule has 0 bridgehead atoms. The lowest BCUT2D eigenvalue weighted by Crippen LogP contribution is -2.27. The largest absolute Gasteiger partial charge is 0.425 e. The highest BCUT2D eigenvalue weighted by Crippen LogP contribution is 2.39. The Hall–Kier alpha value is -3.61. The molecule has 0 fully saturated rings. The Morgan fingerprint density at radius 2 is 1.90 bits per heavy atom. The fourth-order valence-corrected chi connectivity index (χ4v) is 3.66. The zero-order valence-corrected chi connectivity index (χ0v) is 16.2. The molecule has 0 spiro atoms. The minimum atomic E-state index is -0.324. The predicted molar refractivity (Wildman–Crippen MR) is 111 cm³/mol. The zero-order valence-electron chi connectivity index (χ0n) is 16.2. The van der Waals surface area contributed by atoms with Gasteiger partial charge in [-0.2, -0.15) is 4.98 Å². The minimum absolute atomic E-state index is 0.324. The molecule has 3 heterocycles. The van der Waals surface area contributed by atoms with Crippen molar-refractivity contribution >= 4 is 28.2 Å². The van der Waals surface area contributed by atoms with Crippen molar-refractivity contribution < 1.29 is 9.13 Å². The van der Waals surface area contributed by atoms with Gasteiger partial charge in [-0.25, -0.2) is 9.37 Å². The Morgan fingerprint density at radius 3 is 2.66 bits per heavy atom. The van der Waals surface area contributed by atoms with E-state index in [1.807, 2.05) is 67.1 Å². The van der Waals surface area contributed by atoms with Crippen molar-refractivity contribution in [1.29, 1.82) is 0 Å². The lowest BCUT2D eigenvalue weighted by Gasteiger charge is -2.20. The SMILES string of the molecule is CCN1CN(c2ccc(Oc3nc4ccccc4n3C)cc2)c2ncc(F)cc21. The number of benzene rings is 2. The minimum Gasteiger partial charge on any atom is -0.425 e. The molecule has 1 aliphatic rings. The molecule has 2 aromatic heterocycles. The number of pyridine rings is 1. The quantitative estimate of drug-likeness (QED) is 0.500. The smallest absolute Gasteiger partial charge is 0.302 e. The molecule has 0 N–H and O–H groups in total. The highest BCUT2D eigenvalue weighted by molar-refractivity contribution is 5.79. The molecule has 2 aromatic carbocycles. The van der Waals surface area contributed by atoms with Gasteiger partial charge in [0.2, 0.25) is 0 Å². The van der Waals surface area contributed by atoms with Crippen molar-refractivity contribution in [2.45, 2.75) is 6.92 Å². The maximum atomic E-state index is 13.6. The highest BCUT2D eigenvalue weighted by atomic mass is 19.1. The Balaban J connectivity index is 1.41. The lowest BCUT2D eigenvalue weighted by atomic mass is 10.2. The predicted octanol–water partition coefficient (Wildman–Crippen LogP) is 4.84. The van der Waals surface area contributed by atoms with Crippen molar-refractivity contribution in [2.75, 3.05) is 23.0 Å². The summed E-state index contributed by atoms with van der Waals surface area (Å²) in [6.07, 6.45) is 1.26. The summed E-state index contributed by atoms with van der Waals surface area (Å²) in [5.41, 5.74) is 3.70. The van der Waals surface area contributed by atoms with E-state index in [1.165, 1.54) is 12.3 Å². The van der Waals surface area contributed by atoms with E-state index in [0.29, 0.717) is 18.4 Å². The van der Waals surface area contributed by atoms with Gasteiger partial charge in [0.15, 0.2) is 5.82 Å². The highest BCUT2D eigenvalue weighted by Gasteiger charge is 2.27. The summed E-state index contributed by atoms with van der Waals surface area (Å²) in [6, 6.07) is 17.8. The molecule has 0 saturated heterocycles. The third-order valence-electron chi connectivity index (χ3n) is 5.21. The van der Waals surface area contributed by atoms with Crippen LogP contribution in [0.15, 0.2) is 60.8 Å². The fourth-order valence-electron chi connectivity index (χ4n) is 3.66. The van der Waals surface area contributed by atoms with Crippen LogP contribution < -0.4 is 14.5 Å². The van der Waals surface area contributed by atoms with E-state index in [-0.39, 0.29) is 5.82 Å². The van der Waals surface area contributed by atoms with Crippen molar-refractivity contribution in [3.63, 3.8) is 0 Å². The molecular weight excluding hydrogens is 369 g/mol. The van der Waals surface area contributed by atoms with E-state index in [4.69, 9.17) is 4.74 Å². The van der Waals surface area contributed by atoms with Gasteiger partial charge in [-0.1, -0.05) is 12.1 Å². The molecule has 1 aliphatic heterocycles. The number of fused-ring (bicyclic) bond motifs is 2. The van der Waals surface area contributed by atoms with Gasteiger partial charge in [0.05, 0.1) is 29.6 Å². The third-order valence-corrected chi connectivity index (χ3v) is 5.21. The van der Waals surface area contributed by atoms with Crippen LogP contribution in [-0.2, 0) is 7.05 Å². The number of para-hydroxylation sites is 2. The molecule has 0 aliphatic carbocycles. The second-order valence-corrected chi connectivity index (χ2v) is 6.96. The Kier molecular flexibility index (Phi) is 4.08. The van der Waals surface area contributed by atoms with Gasteiger partial charge in [-0.3, -0.25) is 4.57 Å². The lowest BCUT2D eigenvalue weighted by molar-refractivity contribution is 0.428.